The largest absolute Gasteiger partial charge is 0.416 e. The number of pyridine rings is 1. The van der Waals surface area contributed by atoms with Gasteiger partial charge in [-0.05, 0) is 37.1 Å². The number of amides is 1. The summed E-state index contributed by atoms with van der Waals surface area (Å²) >= 11 is 0. The molecule has 1 amide bonds. The van der Waals surface area contributed by atoms with E-state index in [4.69, 9.17) is 5.73 Å². The number of alkyl halides is 3. The highest BCUT2D eigenvalue weighted by Gasteiger charge is 2.30. The Labute approximate surface area is 204 Å². The van der Waals surface area contributed by atoms with Gasteiger partial charge in [0.05, 0.1) is 22.2 Å². The number of nitrogens with two attached hydrogens (primary N) is 1. The summed E-state index contributed by atoms with van der Waals surface area (Å²) in [5, 5.41) is 25.9. The Hall–Kier alpha value is -4.13. The van der Waals surface area contributed by atoms with Gasteiger partial charge in [-0.15, -0.1) is 0 Å². The fourth-order valence-electron chi connectivity index (χ4n) is 3.42. The van der Waals surface area contributed by atoms with Crippen LogP contribution in [-0.4, -0.2) is 44.7 Å². The summed E-state index contributed by atoms with van der Waals surface area (Å²) in [6, 6.07) is 7.22. The van der Waals surface area contributed by atoms with E-state index in [0.717, 1.165) is 12.1 Å². The summed E-state index contributed by atoms with van der Waals surface area (Å²) < 4.78 is 40.6. The van der Waals surface area contributed by atoms with Crippen LogP contribution in [0.15, 0.2) is 48.8 Å². The second-order valence-corrected chi connectivity index (χ2v) is 8.10. The molecule has 0 saturated heterocycles. The highest BCUT2D eigenvalue weighted by Crippen LogP contribution is 2.32. The maximum Gasteiger partial charge on any atom is 0.416 e. The van der Waals surface area contributed by atoms with E-state index in [1.807, 2.05) is 0 Å². The predicted octanol–water partition coefficient (Wildman–Crippen LogP) is 3.67. The van der Waals surface area contributed by atoms with Crippen molar-refractivity contribution in [2.45, 2.75) is 32.2 Å². The highest BCUT2D eigenvalue weighted by atomic mass is 19.4. The van der Waals surface area contributed by atoms with Gasteiger partial charge in [0, 0.05) is 43.7 Å². The van der Waals surface area contributed by atoms with Crippen LogP contribution in [0.25, 0.3) is 11.1 Å². The lowest BCUT2D eigenvalue weighted by molar-refractivity contribution is -0.384. The molecule has 0 radical (unpaired) electrons. The number of nitrogens with zero attached hydrogens (tertiary/aromatic N) is 3. The zero-order chi connectivity index (χ0) is 26.5. The van der Waals surface area contributed by atoms with E-state index >= 15 is 0 Å². The van der Waals surface area contributed by atoms with Gasteiger partial charge in [0.2, 0.25) is 5.82 Å². The summed E-state index contributed by atoms with van der Waals surface area (Å²) in [5.74, 6) is -0.299. The molecule has 0 fully saturated rings. The van der Waals surface area contributed by atoms with Crippen LogP contribution in [-0.2, 0) is 12.7 Å². The molecule has 0 aliphatic carbocycles. The molecule has 5 N–H and O–H groups in total. The van der Waals surface area contributed by atoms with E-state index in [1.54, 1.807) is 17.0 Å². The predicted molar refractivity (Wildman–Crippen MR) is 127 cm³/mol. The number of nitrogens with one attached hydrogen (secondary N) is 2. The van der Waals surface area contributed by atoms with Crippen molar-refractivity contribution in [3.05, 3.63) is 70.0 Å². The van der Waals surface area contributed by atoms with Crippen LogP contribution in [0.4, 0.5) is 30.5 Å². The molecule has 0 saturated carbocycles. The molecule has 1 atom stereocenters. The quantitative estimate of drug-likeness (QED) is 0.186. The second-order valence-electron chi connectivity index (χ2n) is 8.10. The smallest absolute Gasteiger partial charge is 0.392 e. The van der Waals surface area contributed by atoms with Crippen LogP contribution in [0.5, 0.6) is 0 Å². The molecule has 36 heavy (non-hydrogen) atoms. The van der Waals surface area contributed by atoms with Gasteiger partial charge in [-0.25, -0.2) is 4.98 Å². The van der Waals surface area contributed by atoms with Crippen LogP contribution in [0, 0.1) is 10.1 Å². The van der Waals surface area contributed by atoms with Crippen molar-refractivity contribution in [3.8, 4) is 11.1 Å². The van der Waals surface area contributed by atoms with Crippen molar-refractivity contribution >= 4 is 23.2 Å². The Morgan fingerprint density at radius 3 is 2.50 bits per heavy atom. The topological polar surface area (TPSA) is 148 Å². The normalized spacial score (nSPS) is 12.2. The number of benzene rings is 1. The molecule has 3 rings (SSSR count). The number of aromatic nitrogens is 2. The van der Waals surface area contributed by atoms with Gasteiger partial charge in [0.15, 0.2) is 0 Å². The Morgan fingerprint density at radius 1 is 1.22 bits per heavy atom. The van der Waals surface area contributed by atoms with E-state index in [0.29, 0.717) is 36.5 Å². The fraction of sp³-hybridized carbons (Fsp3) is 0.304. The number of rotatable bonds is 10. The number of aliphatic hydroxyl groups excluding tert-OH is 1. The zero-order valence-electron chi connectivity index (χ0n) is 19.2. The van der Waals surface area contributed by atoms with Gasteiger partial charge >= 0.3 is 11.9 Å². The van der Waals surface area contributed by atoms with Gasteiger partial charge in [-0.2, -0.15) is 13.2 Å². The van der Waals surface area contributed by atoms with Gasteiger partial charge in [0.25, 0.3) is 5.91 Å². The van der Waals surface area contributed by atoms with E-state index in [-0.39, 0.29) is 23.6 Å². The van der Waals surface area contributed by atoms with Crippen LogP contribution >= 0.6 is 0 Å². The van der Waals surface area contributed by atoms with Crippen LogP contribution in [0.2, 0.25) is 0 Å². The van der Waals surface area contributed by atoms with E-state index in [9.17, 15) is 33.2 Å². The first-order chi connectivity index (χ1) is 17.0. The van der Waals surface area contributed by atoms with Crippen molar-refractivity contribution in [2.24, 2.45) is 0 Å². The van der Waals surface area contributed by atoms with Crippen molar-refractivity contribution in [2.75, 3.05) is 24.1 Å². The monoisotopic (exact) mass is 506 g/mol. The number of hydrogen-bond acceptors (Lipinski definition) is 7. The average molecular weight is 506 g/mol. The van der Waals surface area contributed by atoms with E-state index < -0.39 is 28.7 Å². The van der Waals surface area contributed by atoms with E-state index in [2.05, 4.69) is 15.6 Å². The number of carbonyl (C=O) groups excluding carboxylic acids is 1. The zero-order valence-corrected chi connectivity index (χ0v) is 19.2. The number of aliphatic hydroxyl groups is 1. The third-order valence-corrected chi connectivity index (χ3v) is 5.20. The molecule has 192 valence electrons. The first-order valence-electron chi connectivity index (χ1n) is 10.9. The Kier molecular flexibility index (Phi) is 8.14. The summed E-state index contributed by atoms with van der Waals surface area (Å²) in [6.45, 7) is 2.42. The Bertz CT molecular complexity index is 1230. The van der Waals surface area contributed by atoms with Crippen molar-refractivity contribution in [1.82, 2.24) is 14.9 Å². The third-order valence-electron chi connectivity index (χ3n) is 5.20. The maximum absolute atomic E-state index is 12.9. The van der Waals surface area contributed by atoms with Gasteiger partial charge < -0.3 is 26.0 Å². The van der Waals surface area contributed by atoms with Crippen LogP contribution in [0.3, 0.4) is 0 Å². The minimum atomic E-state index is -4.47. The molecule has 0 unspecified atom stereocenters. The summed E-state index contributed by atoms with van der Waals surface area (Å²) in [6.07, 6.45) is -1.42. The molecule has 10 nitrogen and oxygen atoms in total. The number of carbonyl (C=O) groups is 1. The Balaban J connectivity index is 1.73. The molecule has 2 heterocycles. The van der Waals surface area contributed by atoms with Crippen LogP contribution in [0.1, 0.15) is 29.3 Å². The number of aryl methyl sites for hydroxylation is 1. The lowest BCUT2D eigenvalue weighted by Crippen LogP contribution is -2.30. The summed E-state index contributed by atoms with van der Waals surface area (Å²) in [5.41, 5.74) is 5.65. The van der Waals surface area contributed by atoms with Crippen molar-refractivity contribution in [3.63, 3.8) is 0 Å². The molecular weight excluding hydrogens is 481 g/mol. The second kappa shape index (κ2) is 11.1. The first-order valence-corrected chi connectivity index (χ1v) is 10.9. The minimum Gasteiger partial charge on any atom is -0.392 e. The fourth-order valence-corrected chi connectivity index (χ4v) is 3.42. The molecule has 0 aliphatic rings. The molecule has 3 aromatic rings. The lowest BCUT2D eigenvalue weighted by Gasteiger charge is -2.09. The molecule has 0 spiro atoms. The first kappa shape index (κ1) is 26.5. The number of nitrogen functional groups attached to an aromatic ring is 1. The molecule has 13 heteroatoms. The summed E-state index contributed by atoms with van der Waals surface area (Å²) in [4.78, 5) is 26.9. The van der Waals surface area contributed by atoms with Crippen molar-refractivity contribution in [1.29, 1.82) is 0 Å². The highest BCUT2D eigenvalue weighted by molar-refractivity contribution is 6.00. The molecule has 0 bridgehead atoms. The number of anilines is 2. The SMILES string of the molecule is C[C@@H](O)CNC(=O)c1cn(CCCNc2ccc([N+](=O)[O-])c(N)n2)cc1-c1ccc(C(F)(F)F)cc1. The Morgan fingerprint density at radius 2 is 1.92 bits per heavy atom. The molecule has 1 aromatic carbocycles. The third kappa shape index (κ3) is 6.72. The number of hydrogen-bond donors (Lipinski definition) is 4. The van der Waals surface area contributed by atoms with Gasteiger partial charge in [-0.3, -0.25) is 14.9 Å². The van der Waals surface area contributed by atoms with Gasteiger partial charge in [-0.1, -0.05) is 12.1 Å². The standard InChI is InChI=1S/C23H25F3N6O4/c1-14(33)11-29-22(34)18-13-31(12-17(18)15-3-5-16(6-4-15)23(24,25)26)10-2-9-28-20-8-7-19(32(35)36)21(27)30-20/h3-8,12-14,33H,2,9-11H2,1H3,(H,29,34)(H3,27,28,30)/t14-/m1/s1. The summed E-state index contributed by atoms with van der Waals surface area (Å²) in [7, 11) is 0. The maximum atomic E-state index is 12.9. The molecule has 2 aromatic heterocycles. The van der Waals surface area contributed by atoms with Crippen molar-refractivity contribution < 1.29 is 28.0 Å². The van der Waals surface area contributed by atoms with Crippen LogP contribution < -0.4 is 16.4 Å². The number of halogens is 3. The molecule has 0 aliphatic heterocycles. The number of nitro groups is 1. The average Bonchev–Trinajstić information content (AvgIpc) is 3.24. The van der Waals surface area contributed by atoms with E-state index in [1.165, 1.54) is 31.2 Å². The minimum absolute atomic E-state index is 0.0196. The lowest BCUT2D eigenvalue weighted by atomic mass is 10.0. The van der Waals surface area contributed by atoms with Gasteiger partial charge in [0.1, 0.15) is 5.82 Å². The molecular formula is C23H25F3N6O4.